The van der Waals surface area contributed by atoms with Gasteiger partial charge in [-0.3, -0.25) is 9.44 Å². The van der Waals surface area contributed by atoms with Crippen molar-refractivity contribution in [1.29, 1.82) is 0 Å². The molecule has 10 nitrogen and oxygen atoms in total. The van der Waals surface area contributed by atoms with Crippen LogP contribution < -0.4 is 9.44 Å². The molecule has 0 aliphatic heterocycles. The number of nitrogens with zero attached hydrogens (tertiary/aromatic N) is 2. The molecule has 0 unspecified atom stereocenters. The molecule has 0 aliphatic carbocycles. The summed E-state index contributed by atoms with van der Waals surface area (Å²) in [6, 6.07) is 46.5. The van der Waals surface area contributed by atoms with Crippen molar-refractivity contribution < 1.29 is 25.7 Å². The summed E-state index contributed by atoms with van der Waals surface area (Å²) in [5.41, 5.74) is 5.11. The molecule has 0 aliphatic rings. The molecule has 60 heavy (non-hydrogen) atoms. The summed E-state index contributed by atoms with van der Waals surface area (Å²) in [7, 11) is -7.65. The lowest BCUT2D eigenvalue weighted by atomic mass is 10.1. The van der Waals surface area contributed by atoms with Crippen LogP contribution >= 0.6 is 23.2 Å². The van der Waals surface area contributed by atoms with Crippen LogP contribution in [0.5, 0.6) is 0 Å². The molecule has 0 spiro atoms. The summed E-state index contributed by atoms with van der Waals surface area (Å²) >= 11 is 12.4. The van der Waals surface area contributed by atoms with E-state index in [0.717, 1.165) is 22.3 Å². The van der Waals surface area contributed by atoms with E-state index in [9.17, 15) is 16.8 Å². The third-order valence-electron chi connectivity index (χ3n) is 9.16. The van der Waals surface area contributed by atoms with Crippen molar-refractivity contribution in [2.45, 2.75) is 36.5 Å². The first-order valence-corrected chi connectivity index (χ1v) is 22.3. The van der Waals surface area contributed by atoms with E-state index < -0.39 is 20.0 Å². The topological polar surface area (TPSA) is 144 Å². The lowest BCUT2D eigenvalue weighted by Crippen LogP contribution is -2.13. The van der Waals surface area contributed by atoms with Gasteiger partial charge in [-0.05, 0) is 84.6 Å². The van der Waals surface area contributed by atoms with Crippen molar-refractivity contribution in [3.8, 4) is 22.6 Å². The molecule has 8 rings (SSSR count). The quantitative estimate of drug-likeness (QED) is 0.123. The number of halogens is 2. The van der Waals surface area contributed by atoms with Crippen LogP contribution in [0.3, 0.4) is 0 Å². The summed E-state index contributed by atoms with van der Waals surface area (Å²) in [6.45, 7) is 3.77. The molecule has 2 heterocycles. The largest absolute Gasteiger partial charge is 0.438 e. The fourth-order valence-electron chi connectivity index (χ4n) is 6.04. The Kier molecular flexibility index (Phi) is 12.9. The van der Waals surface area contributed by atoms with Gasteiger partial charge in [0, 0.05) is 34.0 Å². The van der Waals surface area contributed by atoms with Crippen LogP contribution in [-0.2, 0) is 32.9 Å². The van der Waals surface area contributed by atoms with Crippen molar-refractivity contribution in [1.82, 2.24) is 9.97 Å². The Labute approximate surface area is 359 Å². The number of aromatic nitrogens is 2. The SMILES string of the molecule is Cc1cc(-c2oc(Cc3ccccc3)nc2NS(=O)(=O)c2ccccc2)ccc1Cl.Cc1ccc(-c2oc(Cc3ccccc3)nc2NS(=O)(=O)c2ccccc2)cc1Cl. The number of sulfonamides is 2. The van der Waals surface area contributed by atoms with E-state index in [2.05, 4.69) is 19.4 Å². The Balaban J connectivity index is 0.000000181. The number of aryl methyl sites for hydroxylation is 2. The number of nitrogens with one attached hydrogen (secondary N) is 2. The van der Waals surface area contributed by atoms with E-state index in [-0.39, 0.29) is 21.4 Å². The minimum absolute atomic E-state index is 0.129. The van der Waals surface area contributed by atoms with Gasteiger partial charge in [0.15, 0.2) is 23.2 Å². The molecule has 0 atom stereocenters. The average Bonchev–Trinajstić information content (AvgIpc) is 3.83. The summed E-state index contributed by atoms with van der Waals surface area (Å²) < 4.78 is 68.6. The van der Waals surface area contributed by atoms with Crippen LogP contribution in [0.25, 0.3) is 22.6 Å². The zero-order valence-electron chi connectivity index (χ0n) is 32.3. The van der Waals surface area contributed by atoms with Gasteiger partial charge < -0.3 is 8.83 Å². The Hall–Kier alpha value is -6.18. The molecule has 6 aromatic carbocycles. The highest BCUT2D eigenvalue weighted by Crippen LogP contribution is 2.35. The summed E-state index contributed by atoms with van der Waals surface area (Å²) in [5, 5.41) is 1.18. The van der Waals surface area contributed by atoms with Gasteiger partial charge >= 0.3 is 0 Å². The number of hydrogen-bond donors (Lipinski definition) is 2. The van der Waals surface area contributed by atoms with E-state index in [1.807, 2.05) is 92.7 Å². The van der Waals surface area contributed by atoms with Crippen molar-refractivity contribution in [3.05, 3.63) is 202 Å². The van der Waals surface area contributed by atoms with Crippen LogP contribution in [0.2, 0.25) is 10.0 Å². The van der Waals surface area contributed by atoms with Crippen LogP contribution in [0.1, 0.15) is 34.0 Å². The van der Waals surface area contributed by atoms with Crippen molar-refractivity contribution in [3.63, 3.8) is 0 Å². The van der Waals surface area contributed by atoms with Gasteiger partial charge in [-0.15, -0.1) is 0 Å². The highest BCUT2D eigenvalue weighted by atomic mass is 35.5. The summed E-state index contributed by atoms with van der Waals surface area (Å²) in [4.78, 5) is 9.19. The maximum absolute atomic E-state index is 12.9. The van der Waals surface area contributed by atoms with Gasteiger partial charge in [0.25, 0.3) is 20.0 Å². The number of anilines is 2. The molecule has 8 aromatic rings. The zero-order chi connectivity index (χ0) is 42.3. The van der Waals surface area contributed by atoms with E-state index in [1.54, 1.807) is 54.6 Å². The minimum Gasteiger partial charge on any atom is -0.438 e. The monoisotopic (exact) mass is 876 g/mol. The van der Waals surface area contributed by atoms with Crippen LogP contribution in [-0.4, -0.2) is 26.8 Å². The normalized spacial score (nSPS) is 11.4. The lowest BCUT2D eigenvalue weighted by molar-refractivity contribution is 0.519. The standard InChI is InChI=1S/2C23H19ClN2O3S/c1-16-14-18(12-13-20(16)24)22-23(26-30(27,28)19-10-6-3-7-11-19)25-21(29-22)15-17-8-4-2-5-9-17;1-16-12-13-18(15-20(16)24)22-23(26-30(27,28)19-10-6-3-7-11-19)25-21(29-22)14-17-8-4-2-5-9-17/h2-14,26H,15H2,1H3;2-13,15,26H,14H2,1H3. The first-order chi connectivity index (χ1) is 28.8. The predicted octanol–water partition coefficient (Wildman–Crippen LogP) is 11.4. The van der Waals surface area contributed by atoms with E-state index in [0.29, 0.717) is 57.3 Å². The molecule has 304 valence electrons. The predicted molar refractivity (Wildman–Crippen MR) is 236 cm³/mol. The molecule has 0 fully saturated rings. The van der Waals surface area contributed by atoms with Crippen LogP contribution in [0.4, 0.5) is 11.6 Å². The van der Waals surface area contributed by atoms with Gasteiger partial charge in [-0.2, -0.15) is 9.97 Å². The second-order valence-electron chi connectivity index (χ2n) is 13.7. The summed E-state index contributed by atoms with van der Waals surface area (Å²) in [5.74, 6) is 1.76. The van der Waals surface area contributed by atoms with Crippen molar-refractivity contribution in [2.75, 3.05) is 9.44 Å². The number of benzene rings is 6. The van der Waals surface area contributed by atoms with E-state index in [4.69, 9.17) is 32.0 Å². The molecule has 2 aromatic heterocycles. The molecule has 0 saturated carbocycles. The number of hydrogen-bond acceptors (Lipinski definition) is 8. The molecule has 14 heteroatoms. The molecule has 0 amide bonds. The van der Waals surface area contributed by atoms with Crippen LogP contribution in [0.15, 0.2) is 176 Å². The van der Waals surface area contributed by atoms with Crippen molar-refractivity contribution >= 4 is 54.9 Å². The maximum atomic E-state index is 12.9. The second-order valence-corrected chi connectivity index (χ2v) is 17.8. The summed E-state index contributed by atoms with van der Waals surface area (Å²) in [6.07, 6.45) is 0.869. The third-order valence-corrected chi connectivity index (χ3v) is 12.7. The third kappa shape index (κ3) is 10.3. The first kappa shape index (κ1) is 42.0. The Bertz CT molecular complexity index is 2740. The molecular formula is C46H38Cl2N4O6S2. The number of oxazole rings is 2. The minimum atomic E-state index is -3.83. The van der Waals surface area contributed by atoms with Crippen molar-refractivity contribution in [2.24, 2.45) is 0 Å². The fourth-order valence-corrected chi connectivity index (χ4v) is 8.39. The molecule has 0 saturated heterocycles. The van der Waals surface area contributed by atoms with Gasteiger partial charge in [-0.1, -0.05) is 132 Å². The Morgan fingerprint density at radius 3 is 1.30 bits per heavy atom. The molecule has 2 N–H and O–H groups in total. The van der Waals surface area contributed by atoms with Gasteiger partial charge in [0.1, 0.15) is 0 Å². The Morgan fingerprint density at radius 2 is 0.883 bits per heavy atom. The van der Waals surface area contributed by atoms with E-state index in [1.165, 1.54) is 24.3 Å². The van der Waals surface area contributed by atoms with Gasteiger partial charge in [0.05, 0.1) is 9.79 Å². The zero-order valence-corrected chi connectivity index (χ0v) is 35.5. The number of rotatable bonds is 12. The molecule has 0 bridgehead atoms. The highest BCUT2D eigenvalue weighted by molar-refractivity contribution is 7.93. The van der Waals surface area contributed by atoms with Gasteiger partial charge in [0.2, 0.25) is 11.8 Å². The first-order valence-electron chi connectivity index (χ1n) is 18.6. The maximum Gasteiger partial charge on any atom is 0.263 e. The van der Waals surface area contributed by atoms with Gasteiger partial charge in [-0.25, -0.2) is 16.8 Å². The fraction of sp³-hybridized carbons (Fsp3) is 0.0870. The molecule has 0 radical (unpaired) electrons. The smallest absolute Gasteiger partial charge is 0.263 e. The second kappa shape index (κ2) is 18.4. The lowest BCUT2D eigenvalue weighted by Gasteiger charge is -2.07. The van der Waals surface area contributed by atoms with Crippen LogP contribution in [0, 0.1) is 13.8 Å². The Morgan fingerprint density at radius 1 is 0.483 bits per heavy atom. The average molecular weight is 878 g/mol. The van der Waals surface area contributed by atoms with E-state index >= 15 is 0 Å². The molecular weight excluding hydrogens is 840 g/mol. The highest BCUT2D eigenvalue weighted by Gasteiger charge is 2.24.